The minimum Gasteiger partial charge on any atom is -0.480 e. The number of benzene rings is 2. The molecule has 0 aliphatic carbocycles. The lowest BCUT2D eigenvalue weighted by molar-refractivity contribution is -0.136. The smallest absolute Gasteiger partial charge is 0.349 e. The molecule has 8 heteroatoms. The second-order valence-electron chi connectivity index (χ2n) is 4.93. The summed E-state index contributed by atoms with van der Waals surface area (Å²) in [5.74, 6) is -0.586. The highest BCUT2D eigenvalue weighted by Gasteiger charge is 2.17. The van der Waals surface area contributed by atoms with Crippen LogP contribution >= 0.6 is 47.8 Å². The van der Waals surface area contributed by atoms with Gasteiger partial charge in [-0.3, -0.25) is 0 Å². The van der Waals surface area contributed by atoms with Crippen molar-refractivity contribution < 1.29 is 23.8 Å². The number of hydrogen-bond acceptors (Lipinski definition) is 5. The van der Waals surface area contributed by atoms with E-state index in [2.05, 4.69) is 47.8 Å². The van der Waals surface area contributed by atoms with Crippen molar-refractivity contribution in [3.63, 3.8) is 0 Å². The minimum atomic E-state index is -0.637. The van der Waals surface area contributed by atoms with Gasteiger partial charge in [0.15, 0.2) is 6.61 Å². The lowest BCUT2D eigenvalue weighted by atomic mass is 10.2. The molecule has 132 valence electrons. The maximum absolute atomic E-state index is 12.1. The number of rotatable bonds is 5. The molecule has 0 atom stereocenters. The van der Waals surface area contributed by atoms with E-state index in [-0.39, 0.29) is 17.9 Å². The molecule has 0 aliphatic rings. The van der Waals surface area contributed by atoms with Gasteiger partial charge in [0, 0.05) is 8.95 Å². The molecule has 0 saturated carbocycles. The Morgan fingerprint density at radius 1 is 1.04 bits per heavy atom. The SMILES string of the molecule is COC(=O)c1cc(Br)ccc1OC(=O)COc1c(C)cc(Br)cc1Br. The lowest BCUT2D eigenvalue weighted by Gasteiger charge is -2.12. The zero-order valence-electron chi connectivity index (χ0n) is 13.3. The van der Waals surface area contributed by atoms with Gasteiger partial charge < -0.3 is 14.2 Å². The highest BCUT2D eigenvalue weighted by atomic mass is 79.9. The molecule has 0 radical (unpaired) electrons. The zero-order valence-corrected chi connectivity index (χ0v) is 18.0. The van der Waals surface area contributed by atoms with Crippen molar-refractivity contribution in [2.75, 3.05) is 13.7 Å². The number of aryl methyl sites for hydroxylation is 1. The van der Waals surface area contributed by atoms with E-state index in [1.165, 1.54) is 19.2 Å². The van der Waals surface area contributed by atoms with Crippen LogP contribution in [0.4, 0.5) is 0 Å². The first-order valence-corrected chi connectivity index (χ1v) is 9.36. The molecular weight excluding hydrogens is 524 g/mol. The van der Waals surface area contributed by atoms with Crippen LogP contribution in [0.2, 0.25) is 0 Å². The topological polar surface area (TPSA) is 61.8 Å². The van der Waals surface area contributed by atoms with E-state index in [1.807, 2.05) is 19.1 Å². The number of carbonyl (C=O) groups is 2. The number of esters is 2. The first-order valence-electron chi connectivity index (χ1n) is 6.98. The van der Waals surface area contributed by atoms with Crippen LogP contribution < -0.4 is 9.47 Å². The van der Waals surface area contributed by atoms with Crippen LogP contribution in [0.5, 0.6) is 11.5 Å². The van der Waals surface area contributed by atoms with Crippen molar-refractivity contribution in [3.8, 4) is 11.5 Å². The van der Waals surface area contributed by atoms with Gasteiger partial charge in [0.1, 0.15) is 17.1 Å². The molecule has 2 rings (SSSR count). The Bertz CT molecular complexity index is 797. The van der Waals surface area contributed by atoms with Crippen LogP contribution in [-0.2, 0) is 9.53 Å². The van der Waals surface area contributed by atoms with Gasteiger partial charge in [-0.05, 0) is 58.7 Å². The Hall–Kier alpha value is -1.38. The molecule has 0 aromatic heterocycles. The summed E-state index contributed by atoms with van der Waals surface area (Å²) >= 11 is 10.0. The van der Waals surface area contributed by atoms with Gasteiger partial charge in [0.25, 0.3) is 0 Å². The molecule has 0 heterocycles. The monoisotopic (exact) mass is 534 g/mol. The Kier molecular flexibility index (Phi) is 7.04. The van der Waals surface area contributed by atoms with Crippen molar-refractivity contribution in [2.45, 2.75) is 6.92 Å². The average Bonchev–Trinajstić information content (AvgIpc) is 2.54. The molecule has 0 saturated heterocycles. The molecule has 0 fully saturated rings. The summed E-state index contributed by atoms with van der Waals surface area (Å²) in [5, 5.41) is 0. The predicted molar refractivity (Wildman–Crippen MR) is 103 cm³/mol. The van der Waals surface area contributed by atoms with E-state index in [9.17, 15) is 9.59 Å². The molecule has 0 unspecified atom stereocenters. The van der Waals surface area contributed by atoms with Gasteiger partial charge in [-0.2, -0.15) is 0 Å². The highest BCUT2D eigenvalue weighted by molar-refractivity contribution is 9.11. The fourth-order valence-electron chi connectivity index (χ4n) is 2.02. The molecule has 0 spiro atoms. The van der Waals surface area contributed by atoms with Crippen molar-refractivity contribution in [2.24, 2.45) is 0 Å². The van der Waals surface area contributed by atoms with Crippen LogP contribution in [0.25, 0.3) is 0 Å². The van der Waals surface area contributed by atoms with Gasteiger partial charge >= 0.3 is 11.9 Å². The third-order valence-electron chi connectivity index (χ3n) is 3.10. The summed E-state index contributed by atoms with van der Waals surface area (Å²) in [6.45, 7) is 1.55. The van der Waals surface area contributed by atoms with Crippen LogP contribution in [0.1, 0.15) is 15.9 Å². The molecule has 0 aliphatic heterocycles. The Morgan fingerprint density at radius 2 is 1.76 bits per heavy atom. The van der Waals surface area contributed by atoms with E-state index in [4.69, 9.17) is 14.2 Å². The summed E-state index contributed by atoms with van der Waals surface area (Å²) in [6.07, 6.45) is 0. The molecule has 0 N–H and O–H groups in total. The third-order valence-corrected chi connectivity index (χ3v) is 4.64. The largest absolute Gasteiger partial charge is 0.480 e. The molecule has 2 aromatic rings. The number of methoxy groups -OCH3 is 1. The summed E-state index contributed by atoms with van der Waals surface area (Å²) in [6, 6.07) is 8.37. The Balaban J connectivity index is 2.10. The molecule has 0 bridgehead atoms. The standard InChI is InChI=1S/C17H13Br3O5/c1-9-5-11(19)7-13(20)16(9)24-8-15(21)25-14-4-3-10(18)6-12(14)17(22)23-2/h3-7H,8H2,1-2H3. The second kappa shape index (κ2) is 8.82. The zero-order chi connectivity index (χ0) is 18.6. The highest BCUT2D eigenvalue weighted by Crippen LogP contribution is 2.32. The van der Waals surface area contributed by atoms with Crippen molar-refractivity contribution in [1.29, 1.82) is 0 Å². The molecule has 25 heavy (non-hydrogen) atoms. The van der Waals surface area contributed by atoms with E-state index in [1.54, 1.807) is 6.07 Å². The number of halogens is 3. The maximum Gasteiger partial charge on any atom is 0.349 e. The van der Waals surface area contributed by atoms with Crippen molar-refractivity contribution in [3.05, 3.63) is 54.9 Å². The minimum absolute atomic E-state index is 0.107. The first kappa shape index (κ1) is 19.9. The summed E-state index contributed by atoms with van der Waals surface area (Å²) in [4.78, 5) is 23.9. The van der Waals surface area contributed by atoms with Gasteiger partial charge in [0.2, 0.25) is 0 Å². The third kappa shape index (κ3) is 5.29. The maximum atomic E-state index is 12.1. The van der Waals surface area contributed by atoms with Gasteiger partial charge in [-0.25, -0.2) is 9.59 Å². The van der Waals surface area contributed by atoms with Crippen LogP contribution in [0.15, 0.2) is 43.7 Å². The second-order valence-corrected chi connectivity index (χ2v) is 7.61. The summed E-state index contributed by atoms with van der Waals surface area (Å²) in [5.41, 5.74) is 0.999. The number of carbonyl (C=O) groups excluding carboxylic acids is 2. The quantitative estimate of drug-likeness (QED) is 0.395. The normalized spacial score (nSPS) is 10.3. The van der Waals surface area contributed by atoms with Crippen molar-refractivity contribution >= 4 is 59.7 Å². The molecule has 0 amide bonds. The van der Waals surface area contributed by atoms with E-state index in [0.29, 0.717) is 14.7 Å². The van der Waals surface area contributed by atoms with E-state index >= 15 is 0 Å². The predicted octanol–water partition coefficient (Wildman–Crippen LogP) is 5.05. The van der Waals surface area contributed by atoms with Gasteiger partial charge in [-0.15, -0.1) is 0 Å². The van der Waals surface area contributed by atoms with Crippen LogP contribution in [0.3, 0.4) is 0 Å². The first-order chi connectivity index (χ1) is 11.8. The molecule has 5 nitrogen and oxygen atoms in total. The fraction of sp³-hybridized carbons (Fsp3) is 0.176. The summed E-state index contributed by atoms with van der Waals surface area (Å²) < 4.78 is 17.7. The fourth-order valence-corrected chi connectivity index (χ4v) is 3.93. The lowest BCUT2D eigenvalue weighted by Crippen LogP contribution is -2.19. The van der Waals surface area contributed by atoms with Gasteiger partial charge in [0.05, 0.1) is 11.6 Å². The Labute approximate surface area is 170 Å². The Morgan fingerprint density at radius 3 is 2.40 bits per heavy atom. The van der Waals surface area contributed by atoms with Crippen LogP contribution in [-0.4, -0.2) is 25.7 Å². The van der Waals surface area contributed by atoms with E-state index in [0.717, 1.165) is 10.0 Å². The van der Waals surface area contributed by atoms with Gasteiger partial charge in [-0.1, -0.05) is 31.9 Å². The van der Waals surface area contributed by atoms with Crippen molar-refractivity contribution in [1.82, 2.24) is 0 Å². The molecular formula is C17H13Br3O5. The van der Waals surface area contributed by atoms with Crippen LogP contribution in [0, 0.1) is 6.92 Å². The number of hydrogen-bond donors (Lipinski definition) is 0. The molecule has 2 aromatic carbocycles. The average molecular weight is 537 g/mol. The summed E-state index contributed by atoms with van der Waals surface area (Å²) in [7, 11) is 1.26. The van der Waals surface area contributed by atoms with E-state index < -0.39 is 11.9 Å². The number of ether oxygens (including phenoxy) is 3.